The fraction of sp³-hybridized carbons (Fsp3) is 0.389. The molecule has 1 aromatic heterocycles. The fourth-order valence-electron chi connectivity index (χ4n) is 2.91. The Hall–Kier alpha value is -2.08. The third-order valence-electron chi connectivity index (χ3n) is 4.38. The molecule has 0 saturated carbocycles. The highest BCUT2D eigenvalue weighted by Gasteiger charge is 2.28. The van der Waals surface area contributed by atoms with E-state index in [0.717, 1.165) is 27.7 Å². The minimum Gasteiger partial charge on any atom is -0.326 e. The quantitative estimate of drug-likeness (QED) is 0.871. The van der Waals surface area contributed by atoms with Crippen molar-refractivity contribution in [1.82, 2.24) is 9.55 Å². The molecule has 1 unspecified atom stereocenters. The Labute approximate surface area is 145 Å². The highest BCUT2D eigenvalue weighted by molar-refractivity contribution is 7.99. The summed E-state index contributed by atoms with van der Waals surface area (Å²) in [6, 6.07) is 7.70. The summed E-state index contributed by atoms with van der Waals surface area (Å²) in [6.07, 6.45) is 0.655. The number of anilines is 1. The summed E-state index contributed by atoms with van der Waals surface area (Å²) in [5.41, 5.74) is 3.36. The van der Waals surface area contributed by atoms with E-state index < -0.39 is 0 Å². The maximum atomic E-state index is 12.6. The van der Waals surface area contributed by atoms with Crippen LogP contribution >= 0.6 is 11.8 Å². The largest absolute Gasteiger partial charge is 0.326 e. The van der Waals surface area contributed by atoms with Gasteiger partial charge in [-0.15, -0.1) is 0 Å². The molecule has 1 atom stereocenters. The molecule has 0 radical (unpaired) electrons. The third-order valence-corrected chi connectivity index (χ3v) is 5.52. The molecule has 2 aromatic rings. The zero-order valence-electron chi connectivity index (χ0n) is 14.1. The molecular weight excluding hydrogens is 322 g/mol. The van der Waals surface area contributed by atoms with Crippen molar-refractivity contribution in [2.75, 3.05) is 11.1 Å². The minimum absolute atomic E-state index is 0.0131. The number of nitrogens with zero attached hydrogens (tertiary/aromatic N) is 2. The summed E-state index contributed by atoms with van der Waals surface area (Å²) in [5, 5.41) is 3.70. The molecule has 1 N–H and O–H groups in total. The summed E-state index contributed by atoms with van der Waals surface area (Å²) in [7, 11) is 0. The maximum absolute atomic E-state index is 12.6. The summed E-state index contributed by atoms with van der Waals surface area (Å²) in [6.45, 7) is 6.18. The molecule has 1 aromatic carbocycles. The first-order chi connectivity index (χ1) is 11.5. The first-order valence-corrected chi connectivity index (χ1v) is 9.09. The van der Waals surface area contributed by atoms with Gasteiger partial charge in [0.1, 0.15) is 0 Å². The Morgan fingerprint density at radius 2 is 2.12 bits per heavy atom. The molecule has 1 amide bonds. The summed E-state index contributed by atoms with van der Waals surface area (Å²) in [4.78, 5) is 29.8. The lowest BCUT2D eigenvalue weighted by atomic mass is 10.1. The van der Waals surface area contributed by atoms with Crippen LogP contribution in [0.25, 0.3) is 0 Å². The molecule has 24 heavy (non-hydrogen) atoms. The molecule has 0 saturated heterocycles. The maximum Gasteiger partial charge on any atom is 0.257 e. The number of benzene rings is 1. The van der Waals surface area contributed by atoms with Crippen molar-refractivity contribution in [3.8, 4) is 0 Å². The van der Waals surface area contributed by atoms with Crippen LogP contribution in [0.3, 0.4) is 0 Å². The lowest BCUT2D eigenvalue weighted by molar-refractivity contribution is -0.119. The molecule has 1 aliphatic rings. The molecule has 0 spiro atoms. The van der Waals surface area contributed by atoms with E-state index in [1.165, 1.54) is 11.8 Å². The van der Waals surface area contributed by atoms with Gasteiger partial charge < -0.3 is 5.32 Å². The molecular formula is C18H21N3O2S. The molecule has 0 fully saturated rings. The van der Waals surface area contributed by atoms with E-state index in [0.29, 0.717) is 18.7 Å². The van der Waals surface area contributed by atoms with Crippen molar-refractivity contribution in [3.05, 3.63) is 51.4 Å². The van der Waals surface area contributed by atoms with Crippen LogP contribution < -0.4 is 10.9 Å². The van der Waals surface area contributed by atoms with Crippen LogP contribution in [0.2, 0.25) is 0 Å². The highest BCUT2D eigenvalue weighted by Crippen LogP contribution is 2.27. The van der Waals surface area contributed by atoms with Gasteiger partial charge in [0.15, 0.2) is 5.16 Å². The lowest BCUT2D eigenvalue weighted by Gasteiger charge is -2.25. The number of carbonyl (C=O) groups excluding carboxylic acids is 1. The third kappa shape index (κ3) is 3.11. The first kappa shape index (κ1) is 16.8. The van der Waals surface area contributed by atoms with Crippen LogP contribution in [0.4, 0.5) is 5.69 Å². The standard InChI is InChI=1S/C18H21N3O2S/c1-4-14-12(3)19-18-21(17(14)23)9-13(10-24-18)16(22)20-15-8-6-5-7-11(15)2/h5-8,13H,4,9-10H2,1-3H3,(H,20,22). The average molecular weight is 343 g/mol. The number of amides is 1. The molecule has 1 aliphatic heterocycles. The van der Waals surface area contributed by atoms with Gasteiger partial charge in [-0.25, -0.2) is 4.98 Å². The van der Waals surface area contributed by atoms with Crippen molar-refractivity contribution in [2.45, 2.75) is 38.9 Å². The Morgan fingerprint density at radius 1 is 1.38 bits per heavy atom. The van der Waals surface area contributed by atoms with E-state index >= 15 is 0 Å². The lowest BCUT2D eigenvalue weighted by Crippen LogP contribution is -2.38. The van der Waals surface area contributed by atoms with Crippen molar-refractivity contribution in [1.29, 1.82) is 0 Å². The monoisotopic (exact) mass is 343 g/mol. The zero-order chi connectivity index (χ0) is 17.3. The van der Waals surface area contributed by atoms with Crippen molar-refractivity contribution in [3.63, 3.8) is 0 Å². The van der Waals surface area contributed by atoms with Crippen molar-refractivity contribution in [2.24, 2.45) is 5.92 Å². The van der Waals surface area contributed by atoms with Gasteiger partial charge in [-0.3, -0.25) is 14.2 Å². The summed E-state index contributed by atoms with van der Waals surface area (Å²) < 4.78 is 1.65. The van der Waals surface area contributed by atoms with Gasteiger partial charge in [0.25, 0.3) is 5.56 Å². The first-order valence-electron chi connectivity index (χ1n) is 8.10. The van der Waals surface area contributed by atoms with Gasteiger partial charge in [-0.2, -0.15) is 0 Å². The number of hydrogen-bond donors (Lipinski definition) is 1. The molecule has 6 heteroatoms. The van der Waals surface area contributed by atoms with E-state index in [2.05, 4.69) is 10.3 Å². The van der Waals surface area contributed by atoms with E-state index in [-0.39, 0.29) is 17.4 Å². The van der Waals surface area contributed by atoms with Crippen LogP contribution in [-0.2, 0) is 17.8 Å². The van der Waals surface area contributed by atoms with Crippen LogP contribution in [0.5, 0.6) is 0 Å². The molecule has 2 heterocycles. The smallest absolute Gasteiger partial charge is 0.257 e. The molecule has 0 bridgehead atoms. The second-order valence-electron chi connectivity index (χ2n) is 6.04. The number of nitrogens with one attached hydrogen (secondary N) is 1. The summed E-state index contributed by atoms with van der Waals surface area (Å²) in [5.74, 6) is 0.344. The zero-order valence-corrected chi connectivity index (χ0v) is 14.9. The second-order valence-corrected chi connectivity index (χ2v) is 7.03. The van der Waals surface area contributed by atoms with Crippen LogP contribution in [0.1, 0.15) is 23.7 Å². The number of hydrogen-bond acceptors (Lipinski definition) is 4. The Bertz CT molecular complexity index is 845. The molecule has 5 nitrogen and oxygen atoms in total. The van der Waals surface area contributed by atoms with Crippen molar-refractivity contribution >= 4 is 23.4 Å². The fourth-order valence-corrected chi connectivity index (χ4v) is 4.03. The minimum atomic E-state index is -0.242. The number of rotatable bonds is 3. The number of aromatic nitrogens is 2. The molecule has 0 aliphatic carbocycles. The van der Waals surface area contributed by atoms with Gasteiger partial charge >= 0.3 is 0 Å². The molecule has 126 valence electrons. The Balaban J connectivity index is 1.83. The number of para-hydroxylation sites is 1. The van der Waals surface area contributed by atoms with Gasteiger partial charge in [0.05, 0.1) is 5.92 Å². The molecule has 3 rings (SSSR count). The van der Waals surface area contributed by atoms with Gasteiger partial charge in [0, 0.05) is 29.2 Å². The Kier molecular flexibility index (Phi) is 4.76. The predicted molar refractivity (Wildman–Crippen MR) is 96.6 cm³/mol. The number of fused-ring (bicyclic) bond motifs is 1. The van der Waals surface area contributed by atoms with E-state index in [1.807, 2.05) is 45.0 Å². The predicted octanol–water partition coefficient (Wildman–Crippen LogP) is 2.78. The number of thioether (sulfide) groups is 1. The number of carbonyl (C=O) groups is 1. The topological polar surface area (TPSA) is 64.0 Å². The van der Waals surface area contributed by atoms with Crippen LogP contribution in [-0.4, -0.2) is 21.2 Å². The van der Waals surface area contributed by atoms with Crippen LogP contribution in [0.15, 0.2) is 34.2 Å². The van der Waals surface area contributed by atoms with E-state index in [9.17, 15) is 9.59 Å². The van der Waals surface area contributed by atoms with Crippen LogP contribution in [0, 0.1) is 19.8 Å². The number of aryl methyl sites for hydroxylation is 2. The normalized spacial score (nSPS) is 16.5. The summed E-state index contributed by atoms with van der Waals surface area (Å²) >= 11 is 1.48. The van der Waals surface area contributed by atoms with E-state index in [4.69, 9.17) is 0 Å². The second kappa shape index (κ2) is 6.81. The Morgan fingerprint density at radius 3 is 2.83 bits per heavy atom. The van der Waals surface area contributed by atoms with Gasteiger partial charge in [-0.1, -0.05) is 36.9 Å². The average Bonchev–Trinajstić information content (AvgIpc) is 2.57. The SMILES string of the molecule is CCc1c(C)nc2n(c1=O)CC(C(=O)Nc1ccccc1C)CS2. The van der Waals surface area contributed by atoms with Gasteiger partial charge in [-0.05, 0) is 31.9 Å². The van der Waals surface area contributed by atoms with Crippen molar-refractivity contribution < 1.29 is 4.79 Å². The van der Waals surface area contributed by atoms with E-state index in [1.54, 1.807) is 4.57 Å². The highest BCUT2D eigenvalue weighted by atomic mass is 32.2. The van der Waals surface area contributed by atoms with Gasteiger partial charge in [0.2, 0.25) is 5.91 Å².